The average Bonchev–Trinajstić information content (AvgIpc) is 3.49. The van der Waals surface area contributed by atoms with Gasteiger partial charge in [-0.15, -0.1) is 0 Å². The summed E-state index contributed by atoms with van der Waals surface area (Å²) in [6.45, 7) is 4.01. The first kappa shape index (κ1) is 77.8. The van der Waals surface area contributed by atoms with Gasteiger partial charge in [0.05, 0.1) is 6.61 Å². The van der Waals surface area contributed by atoms with Crippen molar-refractivity contribution in [1.82, 2.24) is 0 Å². The number of ether oxygens (including phenoxy) is 2. The van der Waals surface area contributed by atoms with Crippen LogP contribution in [-0.4, -0.2) is 36.4 Å². The SMILES string of the molecule is CC/C=C\C/C=C\C/C=C\C/C=C\C/C=C\C/C=C\C/C=C\C/C=C\C/C=C\C/C=C\CCCCCCC(=O)OC(CO)COC(=O)CCCCCCCCCCCCCCCCCCCCCCC/C=C\C/C=C\CCCCCCC. The molecular weight excluding hydrogens is 1000 g/mol. The summed E-state index contributed by atoms with van der Waals surface area (Å²) in [6.07, 6.45) is 107. The third-order valence-corrected chi connectivity index (χ3v) is 14.6. The van der Waals surface area contributed by atoms with Gasteiger partial charge in [0.15, 0.2) is 6.10 Å². The van der Waals surface area contributed by atoms with Crippen molar-refractivity contribution in [2.45, 2.75) is 315 Å². The zero-order valence-electron chi connectivity index (χ0n) is 53.5. The van der Waals surface area contributed by atoms with E-state index in [-0.39, 0.29) is 25.2 Å². The third-order valence-electron chi connectivity index (χ3n) is 14.6. The molecule has 0 aliphatic heterocycles. The van der Waals surface area contributed by atoms with Crippen molar-refractivity contribution in [1.29, 1.82) is 0 Å². The molecule has 0 bridgehead atoms. The molecule has 5 heteroatoms. The van der Waals surface area contributed by atoms with E-state index in [0.29, 0.717) is 12.8 Å². The van der Waals surface area contributed by atoms with Crippen molar-refractivity contribution >= 4 is 11.9 Å². The number of carbonyl (C=O) groups excluding carboxylic acids is 2. The fourth-order valence-electron chi connectivity index (χ4n) is 9.50. The van der Waals surface area contributed by atoms with E-state index in [0.717, 1.165) is 122 Å². The molecule has 82 heavy (non-hydrogen) atoms. The average molecular weight is 1130 g/mol. The number of allylic oxidation sites excluding steroid dienone is 24. The van der Waals surface area contributed by atoms with Crippen LogP contribution in [0.15, 0.2) is 146 Å². The Morgan fingerprint density at radius 2 is 0.524 bits per heavy atom. The van der Waals surface area contributed by atoms with Crippen molar-refractivity contribution in [2.75, 3.05) is 13.2 Å². The second kappa shape index (κ2) is 71.0. The van der Waals surface area contributed by atoms with E-state index >= 15 is 0 Å². The number of hydrogen-bond donors (Lipinski definition) is 1. The normalized spacial score (nSPS) is 13.2. The van der Waals surface area contributed by atoms with Gasteiger partial charge in [0.25, 0.3) is 0 Å². The number of aliphatic hydroxyl groups excluding tert-OH is 1. The summed E-state index contributed by atoms with van der Waals surface area (Å²) in [5.74, 6) is -0.619. The van der Waals surface area contributed by atoms with E-state index in [1.54, 1.807) is 0 Å². The molecule has 1 atom stereocenters. The summed E-state index contributed by atoms with van der Waals surface area (Å²) < 4.78 is 10.7. The highest BCUT2D eigenvalue weighted by Crippen LogP contribution is 2.17. The Labute approximate surface area is 508 Å². The van der Waals surface area contributed by atoms with Gasteiger partial charge in [0.2, 0.25) is 0 Å². The molecular formula is C77H128O5. The highest BCUT2D eigenvalue weighted by Gasteiger charge is 2.16. The number of aliphatic hydroxyl groups is 1. The van der Waals surface area contributed by atoms with Gasteiger partial charge >= 0.3 is 11.9 Å². The van der Waals surface area contributed by atoms with Crippen LogP contribution < -0.4 is 0 Å². The molecule has 0 radical (unpaired) electrons. The van der Waals surface area contributed by atoms with Crippen LogP contribution in [0.2, 0.25) is 0 Å². The maximum atomic E-state index is 12.4. The smallest absolute Gasteiger partial charge is 0.306 e. The Bertz CT molecular complexity index is 1710. The van der Waals surface area contributed by atoms with Crippen LogP contribution in [0.5, 0.6) is 0 Å². The first-order valence-corrected chi connectivity index (χ1v) is 34.4. The molecule has 1 unspecified atom stereocenters. The minimum absolute atomic E-state index is 0.0824. The zero-order chi connectivity index (χ0) is 59.1. The zero-order valence-corrected chi connectivity index (χ0v) is 53.5. The van der Waals surface area contributed by atoms with Crippen LogP contribution in [0.25, 0.3) is 0 Å². The minimum atomic E-state index is -0.797. The summed E-state index contributed by atoms with van der Waals surface area (Å²) in [5, 5.41) is 9.69. The fraction of sp³-hybridized carbons (Fsp3) is 0.662. The molecule has 1 N–H and O–H groups in total. The van der Waals surface area contributed by atoms with Gasteiger partial charge in [-0.1, -0.05) is 320 Å². The van der Waals surface area contributed by atoms with Gasteiger partial charge in [-0.3, -0.25) is 9.59 Å². The van der Waals surface area contributed by atoms with Gasteiger partial charge in [-0.2, -0.15) is 0 Å². The lowest BCUT2D eigenvalue weighted by Gasteiger charge is -2.15. The molecule has 0 aliphatic carbocycles. The Kier molecular flexibility index (Phi) is 67.4. The third kappa shape index (κ3) is 68.3. The van der Waals surface area contributed by atoms with Gasteiger partial charge < -0.3 is 14.6 Å². The van der Waals surface area contributed by atoms with Gasteiger partial charge in [0, 0.05) is 12.8 Å². The van der Waals surface area contributed by atoms with Crippen LogP contribution >= 0.6 is 0 Å². The lowest BCUT2D eigenvalue weighted by atomic mass is 10.0. The molecule has 0 saturated heterocycles. The van der Waals surface area contributed by atoms with Crippen LogP contribution in [0.1, 0.15) is 309 Å². The highest BCUT2D eigenvalue weighted by atomic mass is 16.6. The van der Waals surface area contributed by atoms with Gasteiger partial charge in [-0.25, -0.2) is 0 Å². The number of esters is 2. The summed E-state index contributed by atoms with van der Waals surface area (Å²) in [7, 11) is 0. The second-order valence-corrected chi connectivity index (χ2v) is 22.5. The molecule has 0 aliphatic rings. The molecule has 0 spiro atoms. The van der Waals surface area contributed by atoms with E-state index in [1.807, 2.05) is 0 Å². The molecule has 0 saturated carbocycles. The number of hydrogen-bond acceptors (Lipinski definition) is 5. The number of carbonyl (C=O) groups is 2. The maximum absolute atomic E-state index is 12.4. The quantitative estimate of drug-likeness (QED) is 0.0373. The molecule has 0 amide bonds. The van der Waals surface area contributed by atoms with Crippen molar-refractivity contribution < 1.29 is 24.2 Å². The van der Waals surface area contributed by atoms with Crippen molar-refractivity contribution in [3.05, 3.63) is 146 Å². The Morgan fingerprint density at radius 3 is 0.793 bits per heavy atom. The Morgan fingerprint density at radius 1 is 0.293 bits per heavy atom. The summed E-state index contributed by atoms with van der Waals surface area (Å²) in [6, 6.07) is 0. The van der Waals surface area contributed by atoms with Crippen molar-refractivity contribution in [3.8, 4) is 0 Å². The standard InChI is InChI=1S/C77H128O5/c1-3-5-7-9-11-13-15-17-19-21-23-25-27-29-31-33-35-37-38-40-42-44-46-48-50-52-54-56-58-60-62-64-66-68-70-72-77(80)82-75(73-78)74-81-76(79)71-69-67-65-63-61-59-57-55-53-51-49-47-45-43-41-39-36-34-32-30-28-26-24-22-20-18-16-14-12-10-8-6-4-2/h5,7,11,13,16-19,22-25,29,31,35,37,40,42,46,48,52,54,58,60,75,78H,3-4,6,8-10,12,14-15,20-21,26-28,30,32-34,36,38-39,41,43-45,47,49-51,53,55-57,59,61-74H2,1-2H3/b7-5-,13-11-,18-16-,19-17-,24-22-,25-23-,31-29-,37-35-,42-40-,48-46-,54-52-,60-58-. The van der Waals surface area contributed by atoms with E-state index in [9.17, 15) is 14.7 Å². The summed E-state index contributed by atoms with van der Waals surface area (Å²) >= 11 is 0. The Balaban J connectivity index is 3.56. The minimum Gasteiger partial charge on any atom is -0.462 e. The monoisotopic (exact) mass is 1130 g/mol. The molecule has 0 aromatic carbocycles. The first-order chi connectivity index (χ1) is 40.6. The molecule has 0 aromatic heterocycles. The summed E-state index contributed by atoms with van der Waals surface area (Å²) in [5.41, 5.74) is 0. The topological polar surface area (TPSA) is 72.8 Å². The molecule has 0 rings (SSSR count). The molecule has 0 heterocycles. The van der Waals surface area contributed by atoms with E-state index < -0.39 is 6.10 Å². The van der Waals surface area contributed by atoms with Gasteiger partial charge in [0.1, 0.15) is 6.61 Å². The predicted octanol–water partition coefficient (Wildman–Crippen LogP) is 24.1. The van der Waals surface area contributed by atoms with E-state index in [2.05, 4.69) is 160 Å². The molecule has 466 valence electrons. The van der Waals surface area contributed by atoms with Crippen molar-refractivity contribution in [2.24, 2.45) is 0 Å². The second-order valence-electron chi connectivity index (χ2n) is 22.5. The van der Waals surface area contributed by atoms with Crippen LogP contribution in [0.4, 0.5) is 0 Å². The molecule has 0 fully saturated rings. The first-order valence-electron chi connectivity index (χ1n) is 34.4. The lowest BCUT2D eigenvalue weighted by molar-refractivity contribution is -0.161. The summed E-state index contributed by atoms with van der Waals surface area (Å²) in [4.78, 5) is 24.6. The molecule has 0 aromatic rings. The number of unbranched alkanes of at least 4 members (excludes halogenated alkanes) is 30. The Hall–Kier alpha value is -4.22. The largest absolute Gasteiger partial charge is 0.462 e. The lowest BCUT2D eigenvalue weighted by Crippen LogP contribution is -2.28. The fourth-order valence-corrected chi connectivity index (χ4v) is 9.50. The van der Waals surface area contributed by atoms with Crippen LogP contribution in [-0.2, 0) is 19.1 Å². The maximum Gasteiger partial charge on any atom is 0.306 e. The van der Waals surface area contributed by atoms with E-state index in [1.165, 1.54) is 161 Å². The molecule has 5 nitrogen and oxygen atoms in total. The van der Waals surface area contributed by atoms with Gasteiger partial charge in [-0.05, 0) is 122 Å². The van der Waals surface area contributed by atoms with E-state index in [4.69, 9.17) is 9.47 Å². The number of rotatable bonds is 62. The van der Waals surface area contributed by atoms with Crippen molar-refractivity contribution in [3.63, 3.8) is 0 Å². The predicted molar refractivity (Wildman–Crippen MR) is 361 cm³/mol. The van der Waals surface area contributed by atoms with Crippen LogP contribution in [0, 0.1) is 0 Å². The van der Waals surface area contributed by atoms with Crippen LogP contribution in [0.3, 0.4) is 0 Å². The highest BCUT2D eigenvalue weighted by molar-refractivity contribution is 5.70.